The quantitative estimate of drug-likeness (QED) is 0.537. The van der Waals surface area contributed by atoms with E-state index in [1.807, 2.05) is 44.1 Å². The molecule has 2 heterocycles. The summed E-state index contributed by atoms with van der Waals surface area (Å²) in [7, 11) is 7.21. The lowest BCUT2D eigenvalue weighted by Gasteiger charge is -2.21. The average Bonchev–Trinajstić information content (AvgIpc) is 3.25. The van der Waals surface area contributed by atoms with E-state index in [1.165, 1.54) is 18.4 Å². The van der Waals surface area contributed by atoms with Gasteiger partial charge >= 0.3 is 0 Å². The number of para-hydroxylation sites is 1. The third-order valence-electron chi connectivity index (χ3n) is 4.14. The number of fused-ring (bicyclic) bond motifs is 1. The van der Waals surface area contributed by atoms with Crippen molar-refractivity contribution in [1.29, 1.82) is 0 Å². The van der Waals surface area contributed by atoms with E-state index < -0.39 is 0 Å². The van der Waals surface area contributed by atoms with Crippen LogP contribution in [0.3, 0.4) is 0 Å². The van der Waals surface area contributed by atoms with Crippen LogP contribution in [0.2, 0.25) is 0 Å². The predicted octanol–water partition coefficient (Wildman–Crippen LogP) is 3.07. The number of nitrogens with zero attached hydrogens (tertiary/aromatic N) is 5. The van der Waals surface area contributed by atoms with Crippen LogP contribution in [0.4, 0.5) is 5.13 Å². The fourth-order valence-electron chi connectivity index (χ4n) is 2.79. The van der Waals surface area contributed by atoms with Crippen molar-refractivity contribution in [2.24, 2.45) is 7.05 Å². The van der Waals surface area contributed by atoms with Crippen LogP contribution < -0.4 is 14.4 Å². The van der Waals surface area contributed by atoms with Gasteiger partial charge < -0.3 is 14.4 Å². The number of carbonyl (C=O) groups is 1. The van der Waals surface area contributed by atoms with E-state index >= 15 is 0 Å². The minimum Gasteiger partial charge on any atom is -0.492 e. The smallest absolute Gasteiger partial charge is 0.267 e. The Bertz CT molecular complexity index is 972. The van der Waals surface area contributed by atoms with Crippen LogP contribution in [0, 0.1) is 0 Å². The number of aromatic nitrogens is 3. The molecule has 0 bridgehead atoms. The van der Waals surface area contributed by atoms with Gasteiger partial charge in [-0.05, 0) is 33.2 Å². The molecule has 0 aliphatic rings. The molecule has 0 aliphatic heterocycles. The number of thiazole rings is 1. The maximum absolute atomic E-state index is 13.3. The fourth-order valence-corrected chi connectivity index (χ4v) is 3.80. The number of rotatable bonds is 8. The number of methoxy groups -OCH3 is 1. The summed E-state index contributed by atoms with van der Waals surface area (Å²) in [6.45, 7) is 3.69. The summed E-state index contributed by atoms with van der Waals surface area (Å²) in [5, 5.41) is 4.83. The highest BCUT2D eigenvalue weighted by atomic mass is 35.5. The Hall–Kier alpha value is -2.36. The third-order valence-corrected chi connectivity index (χ3v) is 5.18. The molecule has 0 saturated carbocycles. The highest BCUT2D eigenvalue weighted by molar-refractivity contribution is 7.22. The number of likely N-dealkylation sites (N-methyl/N-ethyl adjacent to an activating group) is 1. The molecular formula is C19H26ClN5O3S. The fraction of sp³-hybridized carbons (Fsp3) is 0.421. The summed E-state index contributed by atoms with van der Waals surface area (Å²) in [6.07, 6.45) is 1.67. The summed E-state index contributed by atoms with van der Waals surface area (Å²) in [6, 6.07) is 5.81. The van der Waals surface area contributed by atoms with Crippen molar-refractivity contribution in [2.75, 3.05) is 45.8 Å². The van der Waals surface area contributed by atoms with E-state index in [9.17, 15) is 4.79 Å². The van der Waals surface area contributed by atoms with E-state index in [2.05, 4.69) is 5.10 Å². The van der Waals surface area contributed by atoms with Gasteiger partial charge in [-0.1, -0.05) is 17.4 Å². The van der Waals surface area contributed by atoms with E-state index in [0.717, 1.165) is 16.0 Å². The zero-order chi connectivity index (χ0) is 20.3. The van der Waals surface area contributed by atoms with Crippen LogP contribution in [-0.4, -0.2) is 66.5 Å². The maximum atomic E-state index is 13.3. The number of amides is 1. The number of anilines is 1. The van der Waals surface area contributed by atoms with Gasteiger partial charge in [0, 0.05) is 26.3 Å². The minimum absolute atomic E-state index is 0. The van der Waals surface area contributed by atoms with Crippen LogP contribution in [0.25, 0.3) is 10.2 Å². The van der Waals surface area contributed by atoms with Gasteiger partial charge in [0.1, 0.15) is 16.8 Å². The van der Waals surface area contributed by atoms with Crippen LogP contribution >= 0.6 is 23.7 Å². The second-order valence-electron chi connectivity index (χ2n) is 6.52. The van der Waals surface area contributed by atoms with E-state index in [0.29, 0.717) is 36.3 Å². The minimum atomic E-state index is -0.191. The first-order chi connectivity index (χ1) is 13.4. The number of aryl methyl sites for hydroxylation is 1. The van der Waals surface area contributed by atoms with Crippen molar-refractivity contribution in [2.45, 2.75) is 6.92 Å². The molecule has 2 aromatic heterocycles. The topological polar surface area (TPSA) is 72.7 Å². The molecule has 0 saturated heterocycles. The Kier molecular flexibility index (Phi) is 7.83. The van der Waals surface area contributed by atoms with Crippen molar-refractivity contribution >= 4 is 45.0 Å². The summed E-state index contributed by atoms with van der Waals surface area (Å²) in [5.74, 6) is 0.837. The lowest BCUT2D eigenvalue weighted by atomic mass is 10.3. The Morgan fingerprint density at radius 3 is 2.69 bits per heavy atom. The normalized spacial score (nSPS) is 10.8. The van der Waals surface area contributed by atoms with Crippen LogP contribution in [0.1, 0.15) is 17.3 Å². The second kappa shape index (κ2) is 9.91. The molecule has 29 heavy (non-hydrogen) atoms. The standard InChI is InChI=1S/C19H25N5O3S.ClH/c1-6-27-14-8-7-9-15-16(14)20-19(28-15)24(11-10-22(2)3)18(25)13-12-23(4)21-17(13)26-5;/h7-9,12H,6,10-11H2,1-5H3;1H. The van der Waals surface area contributed by atoms with Crippen molar-refractivity contribution in [3.05, 3.63) is 30.0 Å². The first-order valence-electron chi connectivity index (χ1n) is 9.01. The van der Waals surface area contributed by atoms with Crippen LogP contribution in [0.15, 0.2) is 24.4 Å². The highest BCUT2D eigenvalue weighted by Gasteiger charge is 2.26. The Balaban J connectivity index is 0.00000300. The van der Waals surface area contributed by atoms with Gasteiger partial charge in [-0.2, -0.15) is 0 Å². The molecule has 158 valence electrons. The van der Waals surface area contributed by atoms with E-state index in [1.54, 1.807) is 22.8 Å². The lowest BCUT2D eigenvalue weighted by molar-refractivity contribution is 0.0982. The van der Waals surface area contributed by atoms with Crippen molar-refractivity contribution in [3.8, 4) is 11.6 Å². The molecule has 3 aromatic rings. The monoisotopic (exact) mass is 439 g/mol. The Labute approximate surface area is 180 Å². The number of halogens is 1. The molecule has 1 aromatic carbocycles. The number of ether oxygens (including phenoxy) is 2. The van der Waals surface area contributed by atoms with E-state index in [-0.39, 0.29) is 18.3 Å². The molecule has 10 heteroatoms. The van der Waals surface area contributed by atoms with E-state index in [4.69, 9.17) is 14.5 Å². The first kappa shape index (κ1) is 22.9. The van der Waals surface area contributed by atoms with Crippen LogP contribution in [0.5, 0.6) is 11.6 Å². The van der Waals surface area contributed by atoms with Gasteiger partial charge in [-0.25, -0.2) is 4.98 Å². The van der Waals surface area contributed by atoms with Crippen LogP contribution in [-0.2, 0) is 7.05 Å². The molecule has 8 nitrogen and oxygen atoms in total. The predicted molar refractivity (Wildman–Crippen MR) is 118 cm³/mol. The Morgan fingerprint density at radius 2 is 2.03 bits per heavy atom. The molecular weight excluding hydrogens is 414 g/mol. The van der Waals surface area contributed by atoms with Gasteiger partial charge in [0.15, 0.2) is 5.13 Å². The molecule has 1 amide bonds. The summed E-state index contributed by atoms with van der Waals surface area (Å²) in [4.78, 5) is 21.8. The summed E-state index contributed by atoms with van der Waals surface area (Å²) in [5.41, 5.74) is 1.18. The van der Waals surface area contributed by atoms with Gasteiger partial charge in [-0.15, -0.1) is 17.5 Å². The third kappa shape index (κ3) is 4.98. The van der Waals surface area contributed by atoms with Gasteiger partial charge in [0.25, 0.3) is 5.91 Å². The maximum Gasteiger partial charge on any atom is 0.267 e. The SMILES string of the molecule is CCOc1cccc2sc(N(CCN(C)C)C(=O)c3cn(C)nc3OC)nc12.Cl. The van der Waals surface area contributed by atoms with Crippen molar-refractivity contribution < 1.29 is 14.3 Å². The van der Waals surface area contributed by atoms with Crippen molar-refractivity contribution in [1.82, 2.24) is 19.7 Å². The first-order valence-corrected chi connectivity index (χ1v) is 9.82. The molecule has 0 unspecified atom stereocenters. The molecule has 0 radical (unpaired) electrons. The molecule has 3 rings (SSSR count). The van der Waals surface area contributed by atoms with Crippen molar-refractivity contribution in [3.63, 3.8) is 0 Å². The highest BCUT2D eigenvalue weighted by Crippen LogP contribution is 2.35. The van der Waals surface area contributed by atoms with Gasteiger partial charge in [-0.3, -0.25) is 14.4 Å². The molecule has 0 spiro atoms. The lowest BCUT2D eigenvalue weighted by Crippen LogP contribution is -2.36. The number of carbonyl (C=O) groups excluding carboxylic acids is 1. The number of hydrogen-bond acceptors (Lipinski definition) is 7. The largest absolute Gasteiger partial charge is 0.492 e. The molecule has 0 aliphatic carbocycles. The molecule has 0 atom stereocenters. The molecule has 0 fully saturated rings. The summed E-state index contributed by atoms with van der Waals surface area (Å²) >= 11 is 1.47. The van der Waals surface area contributed by atoms with Gasteiger partial charge in [0.2, 0.25) is 5.88 Å². The summed E-state index contributed by atoms with van der Waals surface area (Å²) < 4.78 is 13.5. The second-order valence-corrected chi connectivity index (χ2v) is 7.53. The zero-order valence-electron chi connectivity index (χ0n) is 17.2. The number of benzene rings is 1. The Morgan fingerprint density at radius 1 is 1.28 bits per heavy atom. The molecule has 0 N–H and O–H groups in total. The average molecular weight is 440 g/mol. The zero-order valence-corrected chi connectivity index (χ0v) is 18.8. The van der Waals surface area contributed by atoms with Gasteiger partial charge in [0.05, 0.1) is 18.4 Å². The number of hydrogen-bond donors (Lipinski definition) is 0.